The second kappa shape index (κ2) is 6.45. The number of rotatable bonds is 5. The number of fused-ring (bicyclic) bond motifs is 1. The molecule has 0 aliphatic carbocycles. The third-order valence-corrected chi connectivity index (χ3v) is 3.94. The molecule has 0 aliphatic heterocycles. The minimum atomic E-state index is -0.238. The SMILES string of the molecule is Cc1cccc2oc(SCc3nc(C(=O)NC(C)C)co3)nc12. The van der Waals surface area contributed by atoms with Crippen LogP contribution in [-0.4, -0.2) is 21.9 Å². The van der Waals surface area contributed by atoms with Crippen LogP contribution in [0.4, 0.5) is 0 Å². The van der Waals surface area contributed by atoms with Crippen molar-refractivity contribution in [3.63, 3.8) is 0 Å². The fourth-order valence-electron chi connectivity index (χ4n) is 2.07. The van der Waals surface area contributed by atoms with Gasteiger partial charge in [-0.25, -0.2) is 9.97 Å². The first-order chi connectivity index (χ1) is 11.0. The number of aryl methyl sites for hydroxylation is 1. The van der Waals surface area contributed by atoms with Gasteiger partial charge in [0.1, 0.15) is 11.8 Å². The summed E-state index contributed by atoms with van der Waals surface area (Å²) in [5, 5.41) is 3.33. The van der Waals surface area contributed by atoms with Crippen molar-refractivity contribution < 1.29 is 13.6 Å². The molecule has 0 spiro atoms. The van der Waals surface area contributed by atoms with Crippen LogP contribution in [0.5, 0.6) is 0 Å². The molecule has 2 heterocycles. The molecule has 23 heavy (non-hydrogen) atoms. The third-order valence-electron chi connectivity index (χ3n) is 3.12. The minimum absolute atomic E-state index is 0.0556. The molecule has 0 aliphatic rings. The zero-order chi connectivity index (χ0) is 16.4. The van der Waals surface area contributed by atoms with E-state index in [1.54, 1.807) is 0 Å². The number of carbonyl (C=O) groups excluding carboxylic acids is 1. The van der Waals surface area contributed by atoms with Gasteiger partial charge in [0.05, 0.1) is 5.75 Å². The first-order valence-corrected chi connectivity index (χ1v) is 8.25. The van der Waals surface area contributed by atoms with E-state index in [4.69, 9.17) is 8.83 Å². The maximum absolute atomic E-state index is 11.8. The van der Waals surface area contributed by atoms with Crippen molar-refractivity contribution in [1.29, 1.82) is 0 Å². The standard InChI is InChI=1S/C16H17N3O3S/c1-9(2)17-15(20)11-7-21-13(18-11)8-23-16-19-14-10(3)5-4-6-12(14)22-16/h4-7,9H,8H2,1-3H3,(H,17,20). The van der Waals surface area contributed by atoms with E-state index < -0.39 is 0 Å². The Morgan fingerprint density at radius 1 is 1.35 bits per heavy atom. The topological polar surface area (TPSA) is 81.2 Å². The van der Waals surface area contributed by atoms with Crippen molar-refractivity contribution in [2.45, 2.75) is 37.8 Å². The minimum Gasteiger partial charge on any atom is -0.447 e. The molecule has 3 aromatic rings. The van der Waals surface area contributed by atoms with E-state index in [1.165, 1.54) is 18.0 Å². The molecule has 0 saturated heterocycles. The summed E-state index contributed by atoms with van der Waals surface area (Å²) in [4.78, 5) is 20.5. The molecule has 0 saturated carbocycles. The van der Waals surface area contributed by atoms with Crippen molar-refractivity contribution >= 4 is 28.8 Å². The van der Waals surface area contributed by atoms with Crippen LogP contribution in [0.15, 0.2) is 38.5 Å². The van der Waals surface area contributed by atoms with Crippen molar-refractivity contribution in [3.05, 3.63) is 41.6 Å². The number of hydrogen-bond acceptors (Lipinski definition) is 6. The van der Waals surface area contributed by atoms with Crippen molar-refractivity contribution in [3.8, 4) is 0 Å². The first kappa shape index (κ1) is 15.6. The predicted octanol–water partition coefficient (Wildman–Crippen LogP) is 3.55. The Bertz CT molecular complexity index is 838. The molecule has 0 fully saturated rings. The van der Waals surface area contributed by atoms with Gasteiger partial charge in [-0.1, -0.05) is 23.9 Å². The van der Waals surface area contributed by atoms with Crippen molar-refractivity contribution in [1.82, 2.24) is 15.3 Å². The summed E-state index contributed by atoms with van der Waals surface area (Å²) in [5.41, 5.74) is 2.97. The molecule has 1 amide bonds. The number of benzene rings is 1. The molecule has 7 heteroatoms. The Labute approximate surface area is 137 Å². The van der Waals surface area contributed by atoms with E-state index in [1.807, 2.05) is 39.0 Å². The molecule has 0 radical (unpaired) electrons. The monoisotopic (exact) mass is 331 g/mol. The largest absolute Gasteiger partial charge is 0.447 e. The van der Waals surface area contributed by atoms with Crippen molar-refractivity contribution in [2.75, 3.05) is 0 Å². The van der Waals surface area contributed by atoms with Gasteiger partial charge in [-0.2, -0.15) is 0 Å². The number of hydrogen-bond donors (Lipinski definition) is 1. The van der Waals surface area contributed by atoms with Crippen LogP contribution in [0, 0.1) is 6.92 Å². The molecule has 6 nitrogen and oxygen atoms in total. The van der Waals surface area contributed by atoms with Gasteiger partial charge in [-0.05, 0) is 32.4 Å². The van der Waals surface area contributed by atoms with E-state index in [-0.39, 0.29) is 17.6 Å². The fourth-order valence-corrected chi connectivity index (χ4v) is 2.75. The fraction of sp³-hybridized carbons (Fsp3) is 0.312. The van der Waals surface area contributed by atoms with E-state index in [9.17, 15) is 4.79 Å². The first-order valence-electron chi connectivity index (χ1n) is 7.27. The average Bonchev–Trinajstić information content (AvgIpc) is 3.11. The number of carbonyl (C=O) groups is 1. The van der Waals surface area contributed by atoms with Gasteiger partial charge in [-0.3, -0.25) is 4.79 Å². The van der Waals surface area contributed by atoms with Crippen LogP contribution >= 0.6 is 11.8 Å². The quantitative estimate of drug-likeness (QED) is 0.720. The van der Waals surface area contributed by atoms with E-state index in [2.05, 4.69) is 15.3 Å². The van der Waals surface area contributed by atoms with Crippen LogP contribution in [-0.2, 0) is 5.75 Å². The van der Waals surface area contributed by atoms with Gasteiger partial charge in [0.25, 0.3) is 11.1 Å². The molecule has 3 rings (SSSR count). The Hall–Kier alpha value is -2.28. The highest BCUT2D eigenvalue weighted by Gasteiger charge is 2.14. The summed E-state index contributed by atoms with van der Waals surface area (Å²) >= 11 is 1.38. The summed E-state index contributed by atoms with van der Waals surface area (Å²) in [6.45, 7) is 5.78. The Kier molecular flexibility index (Phi) is 4.38. The molecule has 0 atom stereocenters. The smallest absolute Gasteiger partial charge is 0.273 e. The number of amides is 1. The second-order valence-corrected chi connectivity index (χ2v) is 6.37. The van der Waals surface area contributed by atoms with Gasteiger partial charge in [-0.15, -0.1) is 0 Å². The lowest BCUT2D eigenvalue weighted by molar-refractivity contribution is 0.0938. The Morgan fingerprint density at radius 3 is 2.91 bits per heavy atom. The highest BCUT2D eigenvalue weighted by Crippen LogP contribution is 2.27. The van der Waals surface area contributed by atoms with Gasteiger partial charge < -0.3 is 14.2 Å². The number of nitrogens with one attached hydrogen (secondary N) is 1. The number of para-hydroxylation sites is 1. The number of nitrogens with zero attached hydrogens (tertiary/aromatic N) is 2. The highest BCUT2D eigenvalue weighted by atomic mass is 32.2. The lowest BCUT2D eigenvalue weighted by atomic mass is 10.2. The lowest BCUT2D eigenvalue weighted by Crippen LogP contribution is -2.30. The summed E-state index contributed by atoms with van der Waals surface area (Å²) in [5.74, 6) is 0.668. The van der Waals surface area contributed by atoms with Crippen LogP contribution in [0.2, 0.25) is 0 Å². The van der Waals surface area contributed by atoms with Crippen LogP contribution < -0.4 is 5.32 Å². The Morgan fingerprint density at radius 2 is 2.17 bits per heavy atom. The van der Waals surface area contributed by atoms with Gasteiger partial charge in [0.15, 0.2) is 11.3 Å². The third kappa shape index (κ3) is 3.56. The molecule has 2 aromatic heterocycles. The molecular formula is C16H17N3O3S. The van der Waals surface area contributed by atoms with Crippen LogP contribution in [0.1, 0.15) is 35.8 Å². The zero-order valence-electron chi connectivity index (χ0n) is 13.1. The molecule has 0 bridgehead atoms. The van der Waals surface area contributed by atoms with Gasteiger partial charge in [0, 0.05) is 6.04 Å². The van der Waals surface area contributed by atoms with E-state index in [0.717, 1.165) is 16.7 Å². The summed E-state index contributed by atoms with van der Waals surface area (Å²) in [7, 11) is 0. The second-order valence-electron chi connectivity index (χ2n) is 5.44. The maximum Gasteiger partial charge on any atom is 0.273 e. The molecule has 1 aromatic carbocycles. The van der Waals surface area contributed by atoms with Crippen LogP contribution in [0.25, 0.3) is 11.1 Å². The molecular weight excluding hydrogens is 314 g/mol. The Balaban J connectivity index is 1.67. The van der Waals surface area contributed by atoms with Gasteiger partial charge >= 0.3 is 0 Å². The average molecular weight is 331 g/mol. The van der Waals surface area contributed by atoms with E-state index >= 15 is 0 Å². The number of aromatic nitrogens is 2. The zero-order valence-corrected chi connectivity index (χ0v) is 13.9. The summed E-state index contributed by atoms with van der Waals surface area (Å²) in [6.07, 6.45) is 1.36. The van der Waals surface area contributed by atoms with Crippen molar-refractivity contribution in [2.24, 2.45) is 0 Å². The normalized spacial score (nSPS) is 11.3. The van der Waals surface area contributed by atoms with E-state index in [0.29, 0.717) is 16.9 Å². The predicted molar refractivity (Wildman–Crippen MR) is 87.4 cm³/mol. The molecule has 120 valence electrons. The number of thioether (sulfide) groups is 1. The number of oxazole rings is 2. The molecule has 1 N–H and O–H groups in total. The molecule has 0 unspecified atom stereocenters. The lowest BCUT2D eigenvalue weighted by Gasteiger charge is -2.04. The highest BCUT2D eigenvalue weighted by molar-refractivity contribution is 7.98. The maximum atomic E-state index is 11.8. The van der Waals surface area contributed by atoms with Crippen LogP contribution in [0.3, 0.4) is 0 Å². The summed E-state index contributed by atoms with van der Waals surface area (Å²) in [6, 6.07) is 5.87. The summed E-state index contributed by atoms with van der Waals surface area (Å²) < 4.78 is 11.0. The van der Waals surface area contributed by atoms with Gasteiger partial charge in [0.2, 0.25) is 5.89 Å².